The van der Waals surface area contributed by atoms with Gasteiger partial charge in [0.2, 0.25) is 0 Å². The Morgan fingerprint density at radius 2 is 2.12 bits per heavy atom. The van der Waals surface area contributed by atoms with Gasteiger partial charge in [-0.05, 0) is 30.3 Å². The van der Waals surface area contributed by atoms with Crippen molar-refractivity contribution >= 4 is 29.0 Å². The van der Waals surface area contributed by atoms with Crippen LogP contribution in [0.25, 0.3) is 0 Å². The van der Waals surface area contributed by atoms with Crippen molar-refractivity contribution in [1.29, 1.82) is 5.41 Å². The molecular formula is C11H16N4S. The highest BCUT2D eigenvalue weighted by Crippen LogP contribution is 2.16. The Bertz CT molecular complexity index is 389. The molecule has 0 saturated heterocycles. The number of nitrogens with two attached hydrogens (primary N) is 1. The van der Waals surface area contributed by atoms with E-state index in [0.717, 1.165) is 18.5 Å². The first-order valence-corrected chi connectivity index (χ1v) is 5.54. The Balaban J connectivity index is 2.72. The number of rotatable bonds is 3. The van der Waals surface area contributed by atoms with Gasteiger partial charge in [-0.2, -0.15) is 0 Å². The Labute approximate surface area is 101 Å². The number of aryl methyl sites for hydroxylation is 1. The fourth-order valence-electron chi connectivity index (χ4n) is 1.41. The van der Waals surface area contributed by atoms with Crippen molar-refractivity contribution in [1.82, 2.24) is 5.32 Å². The zero-order valence-corrected chi connectivity index (χ0v) is 10.0. The van der Waals surface area contributed by atoms with E-state index in [1.165, 1.54) is 5.56 Å². The molecule has 0 unspecified atom stereocenters. The molecular weight excluding hydrogens is 220 g/mol. The number of hydrogen-bond donors (Lipinski definition) is 4. The monoisotopic (exact) mass is 236 g/mol. The smallest absolute Gasteiger partial charge is 0.192 e. The van der Waals surface area contributed by atoms with Gasteiger partial charge in [-0.25, -0.2) is 0 Å². The largest absolute Gasteiger partial charge is 0.370 e. The lowest BCUT2D eigenvalue weighted by atomic mass is 10.1. The van der Waals surface area contributed by atoms with Crippen LogP contribution in [0.2, 0.25) is 0 Å². The maximum absolute atomic E-state index is 7.06. The molecule has 1 aromatic rings. The SMILES string of the molecule is CCCc1ccccc1NC(=S)NC(=N)N. The Kier molecular flexibility index (Phi) is 4.72. The second kappa shape index (κ2) is 6.07. The van der Waals surface area contributed by atoms with Gasteiger partial charge in [0.1, 0.15) is 0 Å². The van der Waals surface area contributed by atoms with Gasteiger partial charge in [-0.1, -0.05) is 31.5 Å². The van der Waals surface area contributed by atoms with Gasteiger partial charge >= 0.3 is 0 Å². The van der Waals surface area contributed by atoms with E-state index >= 15 is 0 Å². The van der Waals surface area contributed by atoms with Gasteiger partial charge < -0.3 is 16.4 Å². The summed E-state index contributed by atoms with van der Waals surface area (Å²) in [6.45, 7) is 2.13. The van der Waals surface area contributed by atoms with E-state index in [9.17, 15) is 0 Å². The molecule has 5 N–H and O–H groups in total. The van der Waals surface area contributed by atoms with Gasteiger partial charge in [-0.15, -0.1) is 0 Å². The van der Waals surface area contributed by atoms with E-state index in [-0.39, 0.29) is 5.96 Å². The molecule has 5 heteroatoms. The van der Waals surface area contributed by atoms with Crippen LogP contribution in [0.4, 0.5) is 5.69 Å². The third kappa shape index (κ3) is 3.86. The number of hydrogen-bond acceptors (Lipinski definition) is 2. The molecule has 0 heterocycles. The van der Waals surface area contributed by atoms with Crippen LogP contribution < -0.4 is 16.4 Å². The predicted octanol–water partition coefficient (Wildman–Crippen LogP) is 1.82. The maximum atomic E-state index is 7.06. The van der Waals surface area contributed by atoms with Crippen molar-refractivity contribution in [2.75, 3.05) is 5.32 Å². The average molecular weight is 236 g/mol. The third-order valence-corrected chi connectivity index (χ3v) is 2.24. The summed E-state index contributed by atoms with van der Waals surface area (Å²) in [4.78, 5) is 0. The van der Waals surface area contributed by atoms with Crippen molar-refractivity contribution in [2.45, 2.75) is 19.8 Å². The Hall–Kier alpha value is -1.62. The van der Waals surface area contributed by atoms with Crippen LogP contribution in [0.5, 0.6) is 0 Å². The van der Waals surface area contributed by atoms with Gasteiger partial charge in [-0.3, -0.25) is 5.41 Å². The van der Waals surface area contributed by atoms with Crippen molar-refractivity contribution in [3.05, 3.63) is 29.8 Å². The summed E-state index contributed by atoms with van der Waals surface area (Å²) in [5.74, 6) is -0.162. The molecule has 0 aromatic heterocycles. The maximum Gasteiger partial charge on any atom is 0.192 e. The predicted molar refractivity (Wildman–Crippen MR) is 71.7 cm³/mol. The molecule has 1 aromatic carbocycles. The summed E-state index contributed by atoms with van der Waals surface area (Å²) in [7, 11) is 0. The van der Waals surface area contributed by atoms with Crippen LogP contribution in [-0.4, -0.2) is 11.1 Å². The minimum Gasteiger partial charge on any atom is -0.370 e. The number of benzene rings is 1. The normalized spacial score (nSPS) is 9.56. The van der Waals surface area contributed by atoms with E-state index in [1.54, 1.807) is 0 Å². The highest BCUT2D eigenvalue weighted by Gasteiger charge is 2.03. The van der Waals surface area contributed by atoms with Gasteiger partial charge in [0.15, 0.2) is 11.1 Å². The first-order valence-electron chi connectivity index (χ1n) is 5.13. The first-order chi connectivity index (χ1) is 7.63. The summed E-state index contributed by atoms with van der Waals surface area (Å²) in [5.41, 5.74) is 7.36. The molecule has 0 spiro atoms. The van der Waals surface area contributed by atoms with Crippen molar-refractivity contribution in [3.63, 3.8) is 0 Å². The highest BCUT2D eigenvalue weighted by atomic mass is 32.1. The van der Waals surface area contributed by atoms with Gasteiger partial charge in [0.25, 0.3) is 0 Å². The van der Waals surface area contributed by atoms with Crippen molar-refractivity contribution in [3.8, 4) is 0 Å². The summed E-state index contributed by atoms with van der Waals surface area (Å²) in [5, 5.41) is 13.0. The molecule has 0 atom stereocenters. The molecule has 4 nitrogen and oxygen atoms in total. The standard InChI is InChI=1S/C11H16N4S/c1-2-5-8-6-3-4-7-9(8)14-11(16)15-10(12)13/h3-4,6-7H,2,5H2,1H3,(H5,12,13,14,15,16). The molecule has 16 heavy (non-hydrogen) atoms. The molecule has 0 bridgehead atoms. The molecule has 0 aliphatic heterocycles. The third-order valence-electron chi connectivity index (χ3n) is 2.03. The number of guanidine groups is 1. The van der Waals surface area contributed by atoms with Crippen molar-refractivity contribution in [2.24, 2.45) is 5.73 Å². The van der Waals surface area contributed by atoms with E-state index in [2.05, 4.69) is 23.6 Å². The number of thiocarbonyl (C=S) groups is 1. The first kappa shape index (κ1) is 12.4. The summed E-state index contributed by atoms with van der Waals surface area (Å²) in [6, 6.07) is 7.96. The molecule has 0 aliphatic rings. The molecule has 0 aliphatic carbocycles. The van der Waals surface area contributed by atoms with E-state index in [4.69, 9.17) is 23.4 Å². The zero-order chi connectivity index (χ0) is 12.0. The van der Waals surface area contributed by atoms with Crippen LogP contribution >= 0.6 is 12.2 Å². The molecule has 0 amide bonds. The molecule has 86 valence electrons. The second-order valence-electron chi connectivity index (χ2n) is 3.40. The molecule has 0 saturated carbocycles. The molecule has 0 fully saturated rings. The second-order valence-corrected chi connectivity index (χ2v) is 3.81. The summed E-state index contributed by atoms with van der Waals surface area (Å²) < 4.78 is 0. The van der Waals surface area contributed by atoms with E-state index < -0.39 is 0 Å². The van der Waals surface area contributed by atoms with Crippen LogP contribution in [0.3, 0.4) is 0 Å². The van der Waals surface area contributed by atoms with Crippen LogP contribution in [0.15, 0.2) is 24.3 Å². The minimum absolute atomic E-state index is 0.162. The fraction of sp³-hybridized carbons (Fsp3) is 0.273. The highest BCUT2D eigenvalue weighted by molar-refractivity contribution is 7.80. The number of para-hydroxylation sites is 1. The molecule has 0 radical (unpaired) electrons. The average Bonchev–Trinajstić information content (AvgIpc) is 2.20. The minimum atomic E-state index is -0.162. The summed E-state index contributed by atoms with van der Waals surface area (Å²) >= 11 is 5.01. The van der Waals surface area contributed by atoms with E-state index in [0.29, 0.717) is 5.11 Å². The van der Waals surface area contributed by atoms with E-state index in [1.807, 2.05) is 18.2 Å². The Morgan fingerprint density at radius 3 is 2.75 bits per heavy atom. The lowest BCUT2D eigenvalue weighted by molar-refractivity contribution is 0.924. The number of anilines is 1. The number of nitrogens with one attached hydrogen (secondary N) is 3. The molecule has 1 rings (SSSR count). The lowest BCUT2D eigenvalue weighted by Gasteiger charge is -2.12. The Morgan fingerprint density at radius 1 is 1.44 bits per heavy atom. The van der Waals surface area contributed by atoms with Crippen LogP contribution in [-0.2, 0) is 6.42 Å². The van der Waals surface area contributed by atoms with Crippen molar-refractivity contribution < 1.29 is 0 Å². The zero-order valence-electron chi connectivity index (χ0n) is 9.21. The van der Waals surface area contributed by atoms with Gasteiger partial charge in [0, 0.05) is 5.69 Å². The quantitative estimate of drug-likeness (QED) is 0.367. The van der Waals surface area contributed by atoms with Crippen LogP contribution in [0.1, 0.15) is 18.9 Å². The topological polar surface area (TPSA) is 73.9 Å². The van der Waals surface area contributed by atoms with Gasteiger partial charge in [0.05, 0.1) is 0 Å². The summed E-state index contributed by atoms with van der Waals surface area (Å²) in [6.07, 6.45) is 2.07. The fourth-order valence-corrected chi connectivity index (χ4v) is 1.63. The lowest BCUT2D eigenvalue weighted by Crippen LogP contribution is -2.38. The van der Waals surface area contributed by atoms with Crippen LogP contribution in [0, 0.1) is 5.41 Å².